The van der Waals surface area contributed by atoms with Gasteiger partial charge < -0.3 is 10.1 Å². The monoisotopic (exact) mass is 294 g/mol. The number of rotatable bonds is 3. The third-order valence-electron chi connectivity index (χ3n) is 2.94. The van der Waals surface area contributed by atoms with Crippen molar-refractivity contribution in [2.24, 2.45) is 0 Å². The van der Waals surface area contributed by atoms with Crippen LogP contribution in [0.5, 0.6) is 5.75 Å². The molecule has 0 saturated carbocycles. The molecule has 90 valence electrons. The number of ether oxygens (including phenoxy) is 1. The summed E-state index contributed by atoms with van der Waals surface area (Å²) in [6.45, 7) is 1.70. The lowest BCUT2D eigenvalue weighted by molar-refractivity contribution is 0.238. The molecular weight excluding hydrogens is 280 g/mol. The molecule has 0 aromatic heterocycles. The zero-order valence-corrected chi connectivity index (χ0v) is 11.2. The Morgan fingerprint density at radius 3 is 3.06 bits per heavy atom. The van der Waals surface area contributed by atoms with Crippen LogP contribution in [0.2, 0.25) is 0 Å². The van der Waals surface area contributed by atoms with Crippen molar-refractivity contribution in [2.45, 2.75) is 25.3 Å². The first kappa shape index (κ1) is 12.4. The van der Waals surface area contributed by atoms with Crippen molar-refractivity contribution in [2.75, 3.05) is 13.2 Å². The number of hydrogen-bond acceptors (Lipinski definition) is 3. The first-order valence-electron chi connectivity index (χ1n) is 5.86. The molecule has 0 amide bonds. The summed E-state index contributed by atoms with van der Waals surface area (Å²) < 4.78 is 6.52. The van der Waals surface area contributed by atoms with Crippen molar-refractivity contribution in [3.63, 3.8) is 0 Å². The Balaban J connectivity index is 1.99. The average molecular weight is 295 g/mol. The van der Waals surface area contributed by atoms with Crippen LogP contribution < -0.4 is 10.1 Å². The molecule has 0 spiro atoms. The Morgan fingerprint density at radius 1 is 1.47 bits per heavy atom. The number of benzene rings is 1. The summed E-state index contributed by atoms with van der Waals surface area (Å²) >= 11 is 3.36. The molecule has 0 radical (unpaired) electrons. The Morgan fingerprint density at radius 2 is 2.35 bits per heavy atom. The van der Waals surface area contributed by atoms with E-state index in [4.69, 9.17) is 10.00 Å². The Bertz CT molecular complexity index is 422. The average Bonchev–Trinajstić information content (AvgIpc) is 2.37. The minimum atomic E-state index is 0.411. The highest BCUT2D eigenvalue weighted by molar-refractivity contribution is 9.10. The Labute approximate surface area is 110 Å². The summed E-state index contributed by atoms with van der Waals surface area (Å²) in [5.41, 5.74) is 0.573. The lowest BCUT2D eigenvalue weighted by Crippen LogP contribution is -2.38. The number of halogens is 1. The van der Waals surface area contributed by atoms with E-state index in [0.717, 1.165) is 17.4 Å². The van der Waals surface area contributed by atoms with Crippen LogP contribution in [-0.2, 0) is 0 Å². The second-order valence-electron chi connectivity index (χ2n) is 4.18. The molecule has 3 nitrogen and oxygen atoms in total. The van der Waals surface area contributed by atoms with Crippen molar-refractivity contribution in [3.05, 3.63) is 28.2 Å². The molecule has 0 bridgehead atoms. The fourth-order valence-electron chi connectivity index (χ4n) is 1.99. The maximum atomic E-state index is 9.06. The predicted molar refractivity (Wildman–Crippen MR) is 70.0 cm³/mol. The van der Waals surface area contributed by atoms with Crippen molar-refractivity contribution in [3.8, 4) is 11.8 Å². The van der Waals surface area contributed by atoms with Crippen LogP contribution in [-0.4, -0.2) is 19.2 Å². The van der Waals surface area contributed by atoms with Gasteiger partial charge in [-0.05, 0) is 47.4 Å². The lowest BCUT2D eigenvalue weighted by atomic mass is 10.1. The van der Waals surface area contributed by atoms with Crippen LogP contribution in [0.25, 0.3) is 0 Å². The van der Waals surface area contributed by atoms with Gasteiger partial charge in [0.15, 0.2) is 0 Å². The molecule has 2 rings (SSSR count). The van der Waals surface area contributed by atoms with E-state index in [9.17, 15) is 0 Å². The molecule has 1 unspecified atom stereocenters. The summed E-state index contributed by atoms with van der Waals surface area (Å²) in [5.74, 6) is 0.661. The molecule has 0 aliphatic carbocycles. The van der Waals surface area contributed by atoms with Crippen LogP contribution in [0.1, 0.15) is 24.8 Å². The second kappa shape index (κ2) is 6.04. The zero-order valence-electron chi connectivity index (χ0n) is 9.58. The molecule has 1 heterocycles. The van der Waals surface area contributed by atoms with Gasteiger partial charge in [0.1, 0.15) is 24.0 Å². The second-order valence-corrected chi connectivity index (χ2v) is 5.04. The standard InChI is InChI=1S/C13H15BrN2O/c14-12-5-3-6-13(11(12)8-15)17-9-10-4-1-2-7-16-10/h3,5-6,10,16H,1-2,4,7,9H2. The van der Waals surface area contributed by atoms with Gasteiger partial charge in [-0.3, -0.25) is 0 Å². The molecular formula is C13H15BrN2O. The van der Waals surface area contributed by atoms with Gasteiger partial charge in [0.2, 0.25) is 0 Å². The van der Waals surface area contributed by atoms with Crippen LogP contribution >= 0.6 is 15.9 Å². The predicted octanol–water partition coefficient (Wildman–Crippen LogP) is 2.84. The molecule has 1 aromatic carbocycles. The molecule has 17 heavy (non-hydrogen) atoms. The van der Waals surface area contributed by atoms with E-state index in [1.165, 1.54) is 12.8 Å². The molecule has 1 aliphatic rings. The molecule has 1 atom stereocenters. The van der Waals surface area contributed by atoms with Crippen LogP contribution in [0.15, 0.2) is 22.7 Å². The third-order valence-corrected chi connectivity index (χ3v) is 3.60. The van der Waals surface area contributed by atoms with E-state index in [1.807, 2.05) is 18.2 Å². The molecule has 1 aromatic rings. The highest BCUT2D eigenvalue weighted by Gasteiger charge is 2.14. The van der Waals surface area contributed by atoms with Crippen LogP contribution in [0, 0.1) is 11.3 Å². The van der Waals surface area contributed by atoms with E-state index in [-0.39, 0.29) is 0 Å². The van der Waals surface area contributed by atoms with Crippen molar-refractivity contribution < 1.29 is 4.74 Å². The number of nitrogens with one attached hydrogen (secondary N) is 1. The summed E-state index contributed by atoms with van der Waals surface area (Å²) in [6.07, 6.45) is 3.65. The lowest BCUT2D eigenvalue weighted by Gasteiger charge is -2.23. The topological polar surface area (TPSA) is 45.0 Å². The zero-order chi connectivity index (χ0) is 12.1. The van der Waals surface area contributed by atoms with E-state index in [2.05, 4.69) is 27.3 Å². The maximum absolute atomic E-state index is 9.06. The van der Waals surface area contributed by atoms with Gasteiger partial charge in [-0.25, -0.2) is 0 Å². The van der Waals surface area contributed by atoms with Crippen LogP contribution in [0.4, 0.5) is 0 Å². The molecule has 1 aliphatic heterocycles. The fraction of sp³-hybridized carbons (Fsp3) is 0.462. The third kappa shape index (κ3) is 3.21. The minimum Gasteiger partial charge on any atom is -0.491 e. The number of hydrogen-bond donors (Lipinski definition) is 1. The fourth-order valence-corrected chi connectivity index (χ4v) is 2.43. The van der Waals surface area contributed by atoms with Gasteiger partial charge in [0.25, 0.3) is 0 Å². The highest BCUT2D eigenvalue weighted by atomic mass is 79.9. The Hall–Kier alpha value is -1.05. The van der Waals surface area contributed by atoms with E-state index in [1.54, 1.807) is 0 Å². The van der Waals surface area contributed by atoms with Gasteiger partial charge in [0.05, 0.1) is 0 Å². The summed E-state index contributed by atoms with van der Waals surface area (Å²) in [4.78, 5) is 0. The molecule has 1 saturated heterocycles. The largest absolute Gasteiger partial charge is 0.491 e. The van der Waals surface area contributed by atoms with Gasteiger partial charge >= 0.3 is 0 Å². The van der Waals surface area contributed by atoms with Crippen molar-refractivity contribution in [1.82, 2.24) is 5.32 Å². The van der Waals surface area contributed by atoms with Crippen LogP contribution in [0.3, 0.4) is 0 Å². The molecule has 1 fully saturated rings. The number of nitrogens with zero attached hydrogens (tertiary/aromatic N) is 1. The maximum Gasteiger partial charge on any atom is 0.138 e. The Kier molecular flexibility index (Phi) is 4.41. The van der Waals surface area contributed by atoms with Gasteiger partial charge in [-0.15, -0.1) is 0 Å². The first-order chi connectivity index (χ1) is 8.31. The van der Waals surface area contributed by atoms with E-state index in [0.29, 0.717) is 24.0 Å². The first-order valence-corrected chi connectivity index (χ1v) is 6.65. The van der Waals surface area contributed by atoms with E-state index >= 15 is 0 Å². The SMILES string of the molecule is N#Cc1c(Br)cccc1OCC1CCCCN1. The van der Waals surface area contributed by atoms with Gasteiger partial charge in [-0.2, -0.15) is 5.26 Å². The smallest absolute Gasteiger partial charge is 0.138 e. The molecule has 4 heteroatoms. The quantitative estimate of drug-likeness (QED) is 0.932. The summed E-state index contributed by atoms with van der Waals surface area (Å²) in [7, 11) is 0. The molecule has 1 N–H and O–H groups in total. The summed E-state index contributed by atoms with van der Waals surface area (Å²) in [5, 5.41) is 12.5. The summed E-state index contributed by atoms with van der Waals surface area (Å²) in [6, 6.07) is 8.15. The number of nitriles is 1. The minimum absolute atomic E-state index is 0.411. The van der Waals surface area contributed by atoms with Crippen molar-refractivity contribution >= 4 is 15.9 Å². The number of piperidine rings is 1. The normalized spacial score (nSPS) is 19.6. The van der Waals surface area contributed by atoms with Crippen molar-refractivity contribution in [1.29, 1.82) is 5.26 Å². The van der Waals surface area contributed by atoms with Gasteiger partial charge in [-0.1, -0.05) is 12.5 Å². The van der Waals surface area contributed by atoms with E-state index < -0.39 is 0 Å². The highest BCUT2D eigenvalue weighted by Crippen LogP contribution is 2.26. The van der Waals surface area contributed by atoms with Gasteiger partial charge in [0, 0.05) is 10.5 Å².